The van der Waals surface area contributed by atoms with Gasteiger partial charge in [-0.2, -0.15) is 13.2 Å². The van der Waals surface area contributed by atoms with Gasteiger partial charge in [-0.25, -0.2) is 0 Å². The van der Waals surface area contributed by atoms with Crippen LogP contribution in [-0.2, 0) is 4.79 Å². The second-order valence-electron chi connectivity index (χ2n) is 3.11. The van der Waals surface area contributed by atoms with Crippen molar-refractivity contribution in [2.75, 3.05) is 13.1 Å². The van der Waals surface area contributed by atoms with Crippen molar-refractivity contribution in [2.24, 2.45) is 5.73 Å². The average Bonchev–Trinajstić information content (AvgIpc) is 1.79. The van der Waals surface area contributed by atoms with E-state index in [0.29, 0.717) is 13.0 Å². The predicted molar refractivity (Wildman–Crippen MR) is 39.8 cm³/mol. The maximum Gasteiger partial charge on any atom is 0.390 e. The van der Waals surface area contributed by atoms with Gasteiger partial charge in [0.15, 0.2) is 0 Å². The number of carbonyl (C=O) groups excluding carboxylic acids is 1. The number of carbonyl (C=O) groups is 1. The van der Waals surface area contributed by atoms with E-state index in [-0.39, 0.29) is 6.54 Å². The van der Waals surface area contributed by atoms with Crippen LogP contribution in [0.5, 0.6) is 0 Å². The maximum atomic E-state index is 11.8. The van der Waals surface area contributed by atoms with Crippen LogP contribution in [-0.4, -0.2) is 36.1 Å². The lowest BCUT2D eigenvalue weighted by Crippen LogP contribution is -2.55. The molecule has 13 heavy (non-hydrogen) atoms. The van der Waals surface area contributed by atoms with E-state index in [0.717, 1.165) is 0 Å². The Hall–Kier alpha value is -0.780. The number of hydrogen-bond acceptors (Lipinski definition) is 2. The third-order valence-corrected chi connectivity index (χ3v) is 2.14. The summed E-state index contributed by atoms with van der Waals surface area (Å²) in [5, 5.41) is 0. The van der Waals surface area contributed by atoms with Crippen LogP contribution in [0.1, 0.15) is 12.8 Å². The number of nitrogens with zero attached hydrogens (tertiary/aromatic N) is 1. The molecule has 0 bridgehead atoms. The van der Waals surface area contributed by atoms with Gasteiger partial charge in [0, 0.05) is 13.1 Å². The van der Waals surface area contributed by atoms with Gasteiger partial charge in [-0.3, -0.25) is 9.69 Å². The highest BCUT2D eigenvalue weighted by Gasteiger charge is 2.35. The van der Waals surface area contributed by atoms with Gasteiger partial charge >= 0.3 is 6.18 Å². The number of amides is 1. The molecule has 3 nitrogen and oxygen atoms in total. The minimum atomic E-state index is -4.15. The average molecular weight is 196 g/mol. The van der Waals surface area contributed by atoms with E-state index < -0.39 is 24.5 Å². The molecule has 1 fully saturated rings. The number of likely N-dealkylation sites (tertiary alicyclic amines) is 1. The standard InChI is InChI=1S/C7H11F3N2O/c8-7(9,10)2-4-12-3-1-5(12)6(11)13/h5H,1-4H2,(H2,11,13). The summed E-state index contributed by atoms with van der Waals surface area (Å²) in [6.07, 6.45) is -4.46. The normalized spacial score (nSPS) is 24.1. The third-order valence-electron chi connectivity index (χ3n) is 2.14. The van der Waals surface area contributed by atoms with Crippen molar-refractivity contribution in [1.29, 1.82) is 0 Å². The molecule has 6 heteroatoms. The van der Waals surface area contributed by atoms with Crippen molar-refractivity contribution in [1.82, 2.24) is 4.90 Å². The van der Waals surface area contributed by atoms with Gasteiger partial charge in [0.25, 0.3) is 0 Å². The van der Waals surface area contributed by atoms with Gasteiger partial charge in [0.05, 0.1) is 12.5 Å². The van der Waals surface area contributed by atoms with Gasteiger partial charge in [-0.15, -0.1) is 0 Å². The molecule has 1 unspecified atom stereocenters. The van der Waals surface area contributed by atoms with Gasteiger partial charge in [-0.05, 0) is 6.42 Å². The number of alkyl halides is 3. The molecule has 2 N–H and O–H groups in total. The minimum Gasteiger partial charge on any atom is -0.368 e. The molecule has 0 radical (unpaired) electrons. The predicted octanol–water partition coefficient (Wildman–Crippen LogP) is 0.498. The molecule has 1 rings (SSSR count). The molecule has 1 amide bonds. The number of hydrogen-bond donors (Lipinski definition) is 1. The van der Waals surface area contributed by atoms with Crippen LogP contribution in [0.15, 0.2) is 0 Å². The summed E-state index contributed by atoms with van der Waals surface area (Å²) >= 11 is 0. The minimum absolute atomic E-state index is 0.128. The summed E-state index contributed by atoms with van der Waals surface area (Å²) in [4.78, 5) is 12.1. The van der Waals surface area contributed by atoms with E-state index in [1.165, 1.54) is 4.90 Å². The van der Waals surface area contributed by atoms with Crippen LogP contribution < -0.4 is 5.73 Å². The van der Waals surface area contributed by atoms with Crippen molar-refractivity contribution in [3.63, 3.8) is 0 Å². The Kier molecular flexibility index (Phi) is 2.80. The summed E-state index contributed by atoms with van der Waals surface area (Å²) in [6.45, 7) is 0.404. The zero-order chi connectivity index (χ0) is 10.1. The molecule has 1 heterocycles. The fourth-order valence-corrected chi connectivity index (χ4v) is 1.30. The second kappa shape index (κ2) is 3.53. The summed E-state index contributed by atoms with van der Waals surface area (Å²) < 4.78 is 35.3. The smallest absolute Gasteiger partial charge is 0.368 e. The third kappa shape index (κ3) is 2.87. The maximum absolute atomic E-state index is 11.8. The topological polar surface area (TPSA) is 46.3 Å². The van der Waals surface area contributed by atoms with Gasteiger partial charge in [-0.1, -0.05) is 0 Å². The fourth-order valence-electron chi connectivity index (χ4n) is 1.30. The summed E-state index contributed by atoms with van der Waals surface area (Å²) in [7, 11) is 0. The largest absolute Gasteiger partial charge is 0.390 e. The molecule has 0 saturated carbocycles. The fraction of sp³-hybridized carbons (Fsp3) is 0.857. The zero-order valence-corrected chi connectivity index (χ0v) is 6.97. The summed E-state index contributed by atoms with van der Waals surface area (Å²) in [6, 6.07) is -0.484. The van der Waals surface area contributed by atoms with E-state index in [1.807, 2.05) is 0 Å². The van der Waals surface area contributed by atoms with Crippen molar-refractivity contribution in [2.45, 2.75) is 25.1 Å². The molecule has 0 aliphatic carbocycles. The Balaban J connectivity index is 2.27. The Labute approximate surface area is 73.7 Å². The first-order chi connectivity index (χ1) is 5.90. The van der Waals surface area contributed by atoms with Crippen molar-refractivity contribution >= 4 is 5.91 Å². The molecule has 1 saturated heterocycles. The number of nitrogens with two attached hydrogens (primary N) is 1. The Morgan fingerprint density at radius 2 is 2.15 bits per heavy atom. The lowest BCUT2D eigenvalue weighted by molar-refractivity contribution is -0.146. The molecule has 1 aliphatic rings. The number of rotatable bonds is 3. The van der Waals surface area contributed by atoms with Crippen LogP contribution >= 0.6 is 0 Å². The van der Waals surface area contributed by atoms with Crippen LogP contribution in [0.25, 0.3) is 0 Å². The molecular formula is C7H11F3N2O. The lowest BCUT2D eigenvalue weighted by Gasteiger charge is -2.38. The van der Waals surface area contributed by atoms with Gasteiger partial charge < -0.3 is 5.73 Å². The van der Waals surface area contributed by atoms with Gasteiger partial charge in [0.1, 0.15) is 0 Å². The first-order valence-corrected chi connectivity index (χ1v) is 4.00. The molecule has 0 spiro atoms. The van der Waals surface area contributed by atoms with E-state index in [2.05, 4.69) is 0 Å². The molecule has 1 aliphatic heterocycles. The lowest BCUT2D eigenvalue weighted by atomic mass is 10.0. The SMILES string of the molecule is NC(=O)C1CCN1CCC(F)(F)F. The van der Waals surface area contributed by atoms with Crippen molar-refractivity contribution < 1.29 is 18.0 Å². The zero-order valence-electron chi connectivity index (χ0n) is 6.97. The second-order valence-corrected chi connectivity index (χ2v) is 3.11. The highest BCUT2D eigenvalue weighted by molar-refractivity contribution is 5.80. The monoisotopic (exact) mass is 196 g/mol. The van der Waals surface area contributed by atoms with E-state index >= 15 is 0 Å². The number of primary amides is 1. The van der Waals surface area contributed by atoms with Crippen LogP contribution in [0, 0.1) is 0 Å². The molecule has 0 aromatic rings. The molecule has 0 aromatic carbocycles. The molecule has 1 atom stereocenters. The summed E-state index contributed by atoms with van der Waals surface area (Å²) in [5.41, 5.74) is 4.97. The van der Waals surface area contributed by atoms with Crippen LogP contribution in [0.4, 0.5) is 13.2 Å². The first-order valence-electron chi connectivity index (χ1n) is 4.00. The van der Waals surface area contributed by atoms with Gasteiger partial charge in [0.2, 0.25) is 5.91 Å². The molecule has 76 valence electrons. The van der Waals surface area contributed by atoms with Crippen molar-refractivity contribution in [3.8, 4) is 0 Å². The van der Waals surface area contributed by atoms with Crippen LogP contribution in [0.2, 0.25) is 0 Å². The molecule has 0 aromatic heterocycles. The Morgan fingerprint density at radius 3 is 2.46 bits per heavy atom. The van der Waals surface area contributed by atoms with E-state index in [9.17, 15) is 18.0 Å². The number of halogens is 3. The van der Waals surface area contributed by atoms with Crippen LogP contribution in [0.3, 0.4) is 0 Å². The summed E-state index contributed by atoms with van der Waals surface area (Å²) in [5.74, 6) is -0.534. The highest BCUT2D eigenvalue weighted by Crippen LogP contribution is 2.23. The quantitative estimate of drug-likeness (QED) is 0.714. The van der Waals surface area contributed by atoms with E-state index in [4.69, 9.17) is 5.73 Å². The Morgan fingerprint density at radius 1 is 1.54 bits per heavy atom. The molecular weight excluding hydrogens is 185 g/mol. The Bertz CT molecular complexity index is 204. The highest BCUT2D eigenvalue weighted by atomic mass is 19.4. The first kappa shape index (κ1) is 10.3. The van der Waals surface area contributed by atoms with Crippen molar-refractivity contribution in [3.05, 3.63) is 0 Å². The van der Waals surface area contributed by atoms with E-state index in [1.54, 1.807) is 0 Å².